The smallest absolute Gasteiger partial charge is 0.0366 e. The molecule has 0 radical (unpaired) electrons. The van der Waals surface area contributed by atoms with E-state index in [1.807, 2.05) is 45.3 Å². The number of unbranched alkanes of at least 4 members (excludes halogenated alkanes) is 8. The zero-order chi connectivity index (χ0) is 29.6. The highest BCUT2D eigenvalue weighted by Crippen LogP contribution is 2.45. The molecule has 0 aromatic carbocycles. The second-order valence-electron chi connectivity index (χ2n) is 11.6. The molecule has 0 saturated heterocycles. The Morgan fingerprint density at radius 2 is 0.595 bits per heavy atom. The van der Waals surface area contributed by atoms with Gasteiger partial charge < -0.3 is 0 Å². The van der Waals surface area contributed by atoms with Crippen LogP contribution in [0.3, 0.4) is 0 Å². The van der Waals surface area contributed by atoms with Crippen molar-refractivity contribution in [3.05, 3.63) is 87.5 Å². The van der Waals surface area contributed by atoms with Gasteiger partial charge >= 0.3 is 0 Å². The van der Waals surface area contributed by atoms with Crippen molar-refractivity contribution in [2.45, 2.75) is 130 Å². The topological polar surface area (TPSA) is 0 Å². The molecule has 0 amide bonds. The molecule has 0 aliphatic heterocycles. The van der Waals surface area contributed by atoms with Crippen LogP contribution in [0.1, 0.15) is 144 Å². The minimum atomic E-state index is 1.20. The average Bonchev–Trinajstić information content (AvgIpc) is 3.81. The summed E-state index contributed by atoms with van der Waals surface area (Å²) in [6.07, 6.45) is 20.4. The first-order valence-corrected chi connectivity index (χ1v) is 20.0. The highest BCUT2D eigenvalue weighted by molar-refractivity contribution is 7.18. The Labute approximate surface area is 273 Å². The summed E-state index contributed by atoms with van der Waals surface area (Å²) in [7, 11) is 0. The minimum Gasteiger partial charge on any atom is -0.140 e. The van der Waals surface area contributed by atoms with Crippen LogP contribution in [0.4, 0.5) is 0 Å². The molecule has 228 valence electrons. The molecule has 0 atom stereocenters. The number of hydrogen-bond acceptors (Lipinski definition) is 4. The molecule has 4 heterocycles. The quantitative estimate of drug-likeness (QED) is 0.0847. The SMILES string of the molecule is CCCCCc1ccc(C(=C(c2ccc(CCCCC)s2)c2ccc(CCCCC)s2)c2ccc(CCCCC)s2)s1. The molecular formula is C38H52S4. The van der Waals surface area contributed by atoms with Gasteiger partial charge in [-0.3, -0.25) is 0 Å². The van der Waals surface area contributed by atoms with Crippen LogP contribution >= 0.6 is 45.3 Å². The van der Waals surface area contributed by atoms with Gasteiger partial charge in [-0.15, -0.1) is 45.3 Å². The predicted octanol–water partition coefficient (Wildman–Crippen LogP) is 13.9. The normalized spacial score (nSPS) is 11.4. The molecule has 0 nitrogen and oxygen atoms in total. The third kappa shape index (κ3) is 9.78. The third-order valence-electron chi connectivity index (χ3n) is 7.99. The number of hydrogen-bond donors (Lipinski definition) is 0. The summed E-state index contributed by atoms with van der Waals surface area (Å²) >= 11 is 8.16. The Morgan fingerprint density at radius 1 is 0.357 bits per heavy atom. The summed E-state index contributed by atoms with van der Waals surface area (Å²) in [5.74, 6) is 0. The lowest BCUT2D eigenvalue weighted by atomic mass is 10.0. The summed E-state index contributed by atoms with van der Waals surface area (Å²) in [6, 6.07) is 19.4. The van der Waals surface area contributed by atoms with Crippen molar-refractivity contribution in [3.63, 3.8) is 0 Å². The maximum Gasteiger partial charge on any atom is 0.0366 e. The Balaban J connectivity index is 1.82. The Bertz CT molecular complexity index is 1140. The lowest BCUT2D eigenvalue weighted by molar-refractivity contribution is 0.722. The molecule has 4 heteroatoms. The molecule has 42 heavy (non-hydrogen) atoms. The van der Waals surface area contributed by atoms with E-state index in [1.165, 1.54) is 153 Å². The van der Waals surface area contributed by atoms with Crippen LogP contribution in [0, 0.1) is 0 Å². The maximum atomic E-state index is 2.43. The molecule has 0 aliphatic rings. The van der Waals surface area contributed by atoms with Crippen molar-refractivity contribution < 1.29 is 0 Å². The Kier molecular flexibility index (Phi) is 14.6. The zero-order valence-corrected chi connectivity index (χ0v) is 29.8. The van der Waals surface area contributed by atoms with Gasteiger partial charge in [-0.05, 0) is 99.9 Å². The fourth-order valence-corrected chi connectivity index (χ4v) is 10.1. The van der Waals surface area contributed by atoms with Gasteiger partial charge in [-0.2, -0.15) is 0 Å². The molecule has 0 saturated carbocycles. The fraction of sp³-hybridized carbons (Fsp3) is 0.526. The number of rotatable bonds is 20. The van der Waals surface area contributed by atoms with Crippen molar-refractivity contribution in [2.24, 2.45) is 0 Å². The monoisotopic (exact) mass is 636 g/mol. The van der Waals surface area contributed by atoms with Gasteiger partial charge in [0.1, 0.15) is 0 Å². The third-order valence-corrected chi connectivity index (χ3v) is 12.6. The first-order valence-electron chi connectivity index (χ1n) is 16.8. The second-order valence-corrected chi connectivity index (χ2v) is 16.3. The van der Waals surface area contributed by atoms with Crippen LogP contribution in [-0.2, 0) is 25.7 Å². The van der Waals surface area contributed by atoms with E-state index in [-0.39, 0.29) is 0 Å². The lowest BCUT2D eigenvalue weighted by Gasteiger charge is -2.12. The Morgan fingerprint density at radius 3 is 0.810 bits per heavy atom. The summed E-state index contributed by atoms with van der Waals surface area (Å²) in [6.45, 7) is 9.21. The summed E-state index contributed by atoms with van der Waals surface area (Å²) in [5.41, 5.74) is 2.94. The van der Waals surface area contributed by atoms with E-state index < -0.39 is 0 Å². The van der Waals surface area contributed by atoms with E-state index in [2.05, 4.69) is 76.2 Å². The van der Waals surface area contributed by atoms with Gasteiger partial charge in [-0.1, -0.05) is 79.1 Å². The van der Waals surface area contributed by atoms with Crippen LogP contribution in [0.5, 0.6) is 0 Å². The first kappa shape index (κ1) is 33.4. The van der Waals surface area contributed by atoms with Gasteiger partial charge in [0.05, 0.1) is 0 Å². The molecule has 0 unspecified atom stereocenters. The average molecular weight is 637 g/mol. The van der Waals surface area contributed by atoms with Gasteiger partial charge in [0.15, 0.2) is 0 Å². The number of thiophene rings is 4. The van der Waals surface area contributed by atoms with E-state index in [0.717, 1.165) is 0 Å². The summed E-state index contributed by atoms with van der Waals surface area (Å²) < 4.78 is 0. The highest BCUT2D eigenvalue weighted by Gasteiger charge is 2.22. The second kappa shape index (κ2) is 18.4. The molecule has 4 aromatic rings. The number of aryl methyl sites for hydroxylation is 4. The first-order chi connectivity index (χ1) is 20.7. The molecule has 0 spiro atoms. The van der Waals surface area contributed by atoms with Crippen LogP contribution in [-0.4, -0.2) is 0 Å². The molecular weight excluding hydrogens is 585 g/mol. The zero-order valence-electron chi connectivity index (χ0n) is 26.6. The van der Waals surface area contributed by atoms with E-state index in [9.17, 15) is 0 Å². The van der Waals surface area contributed by atoms with Crippen molar-refractivity contribution in [1.82, 2.24) is 0 Å². The molecule has 0 aliphatic carbocycles. The maximum absolute atomic E-state index is 2.43. The van der Waals surface area contributed by atoms with Gasteiger partial charge in [0.25, 0.3) is 0 Å². The highest BCUT2D eigenvalue weighted by atomic mass is 32.1. The van der Waals surface area contributed by atoms with Gasteiger partial charge in [0, 0.05) is 50.2 Å². The molecule has 4 rings (SSSR count). The summed E-state index contributed by atoms with van der Waals surface area (Å²) in [4.78, 5) is 11.9. The van der Waals surface area contributed by atoms with E-state index >= 15 is 0 Å². The van der Waals surface area contributed by atoms with Gasteiger partial charge in [0.2, 0.25) is 0 Å². The van der Waals surface area contributed by atoms with E-state index in [4.69, 9.17) is 0 Å². The molecule has 0 fully saturated rings. The standard InChI is InChI=1S/C38H52S4/c1-5-9-13-17-29-21-25-33(39-29)37(34-26-22-30(40-34)18-14-10-6-2)38(35-27-23-31(41-35)19-15-11-7-3)36-28-24-32(42-36)20-16-12-8-4/h21-28H,5-20H2,1-4H3. The fourth-order valence-electron chi connectivity index (χ4n) is 5.52. The predicted molar refractivity (Wildman–Crippen MR) is 195 cm³/mol. The van der Waals surface area contributed by atoms with Crippen LogP contribution in [0.15, 0.2) is 48.5 Å². The van der Waals surface area contributed by atoms with E-state index in [1.54, 1.807) is 0 Å². The van der Waals surface area contributed by atoms with Crippen LogP contribution in [0.2, 0.25) is 0 Å². The largest absolute Gasteiger partial charge is 0.140 e. The van der Waals surface area contributed by atoms with E-state index in [0.29, 0.717) is 0 Å². The van der Waals surface area contributed by atoms with Crippen molar-refractivity contribution in [2.75, 3.05) is 0 Å². The van der Waals surface area contributed by atoms with Crippen molar-refractivity contribution in [3.8, 4) is 0 Å². The minimum absolute atomic E-state index is 1.20. The molecule has 0 bridgehead atoms. The summed E-state index contributed by atoms with van der Waals surface area (Å²) in [5, 5.41) is 0. The van der Waals surface area contributed by atoms with Crippen LogP contribution < -0.4 is 0 Å². The Hall–Kier alpha value is -1.46. The molecule has 4 aromatic heterocycles. The van der Waals surface area contributed by atoms with Crippen molar-refractivity contribution >= 4 is 56.5 Å². The van der Waals surface area contributed by atoms with Gasteiger partial charge in [-0.25, -0.2) is 0 Å². The lowest BCUT2D eigenvalue weighted by Crippen LogP contribution is -1.90. The van der Waals surface area contributed by atoms with Crippen LogP contribution in [0.25, 0.3) is 11.1 Å². The molecule has 0 N–H and O–H groups in total. The van der Waals surface area contributed by atoms with Crippen molar-refractivity contribution in [1.29, 1.82) is 0 Å².